The van der Waals surface area contributed by atoms with Gasteiger partial charge in [-0.3, -0.25) is 0 Å². The fourth-order valence-electron chi connectivity index (χ4n) is 2.41. The fourth-order valence-corrected chi connectivity index (χ4v) is 4.98. The van der Waals surface area contributed by atoms with Crippen LogP contribution in [0.25, 0.3) is 0 Å². The zero-order valence-corrected chi connectivity index (χ0v) is 11.4. The highest BCUT2D eigenvalue weighted by Gasteiger charge is 2.26. The lowest BCUT2D eigenvalue weighted by molar-refractivity contribution is 0.473. The molecule has 1 N–H and O–H groups in total. The SMILES string of the molecule is C[C@H]1CC(NCCC2CC2)c2ccsc2S1. The van der Waals surface area contributed by atoms with Crippen LogP contribution in [0.4, 0.5) is 0 Å². The van der Waals surface area contributed by atoms with Gasteiger partial charge in [-0.15, -0.1) is 23.1 Å². The van der Waals surface area contributed by atoms with Crippen LogP contribution in [0.1, 0.15) is 44.2 Å². The van der Waals surface area contributed by atoms with Crippen molar-refractivity contribution in [3.05, 3.63) is 17.0 Å². The van der Waals surface area contributed by atoms with E-state index in [1.807, 2.05) is 11.3 Å². The maximum Gasteiger partial charge on any atom is 0.0649 e. The van der Waals surface area contributed by atoms with Gasteiger partial charge in [-0.05, 0) is 42.3 Å². The molecule has 1 unspecified atom stereocenters. The Morgan fingerprint density at radius 3 is 3.12 bits per heavy atom. The quantitative estimate of drug-likeness (QED) is 0.868. The van der Waals surface area contributed by atoms with Crippen LogP contribution in [0.15, 0.2) is 15.7 Å². The summed E-state index contributed by atoms with van der Waals surface area (Å²) in [6.07, 6.45) is 5.63. The molecule has 1 saturated carbocycles. The molecular formula is C13H19NS2. The predicted octanol–water partition coefficient (Wildman–Crippen LogP) is 4.06. The first kappa shape index (κ1) is 11.1. The maximum absolute atomic E-state index is 3.76. The second-order valence-electron chi connectivity index (χ2n) is 5.07. The number of hydrogen-bond acceptors (Lipinski definition) is 3. The van der Waals surface area contributed by atoms with Crippen molar-refractivity contribution in [3.8, 4) is 0 Å². The van der Waals surface area contributed by atoms with Gasteiger partial charge in [0.25, 0.3) is 0 Å². The Balaban J connectivity index is 1.61. The van der Waals surface area contributed by atoms with Crippen LogP contribution in [0.2, 0.25) is 0 Å². The molecule has 0 aromatic carbocycles. The van der Waals surface area contributed by atoms with Crippen molar-refractivity contribution in [3.63, 3.8) is 0 Å². The van der Waals surface area contributed by atoms with Crippen molar-refractivity contribution >= 4 is 23.1 Å². The third kappa shape index (κ3) is 2.47. The molecule has 1 aliphatic carbocycles. The third-order valence-corrected chi connectivity index (χ3v) is 5.89. The Kier molecular flexibility index (Phi) is 3.27. The Labute approximate surface area is 106 Å². The van der Waals surface area contributed by atoms with Crippen molar-refractivity contribution < 1.29 is 0 Å². The van der Waals surface area contributed by atoms with Crippen molar-refractivity contribution in [1.82, 2.24) is 5.32 Å². The lowest BCUT2D eigenvalue weighted by Crippen LogP contribution is -2.27. The molecule has 1 aliphatic heterocycles. The van der Waals surface area contributed by atoms with E-state index in [0.29, 0.717) is 6.04 Å². The lowest BCUT2D eigenvalue weighted by Gasteiger charge is -2.27. The van der Waals surface area contributed by atoms with Crippen molar-refractivity contribution in [2.75, 3.05) is 6.54 Å². The van der Waals surface area contributed by atoms with E-state index in [-0.39, 0.29) is 0 Å². The van der Waals surface area contributed by atoms with Crippen LogP contribution in [-0.4, -0.2) is 11.8 Å². The largest absolute Gasteiger partial charge is 0.310 e. The minimum Gasteiger partial charge on any atom is -0.310 e. The lowest BCUT2D eigenvalue weighted by atomic mass is 10.0. The van der Waals surface area contributed by atoms with Gasteiger partial charge in [-0.25, -0.2) is 0 Å². The highest BCUT2D eigenvalue weighted by molar-refractivity contribution is 8.01. The Morgan fingerprint density at radius 2 is 2.31 bits per heavy atom. The zero-order valence-electron chi connectivity index (χ0n) is 9.74. The van der Waals surface area contributed by atoms with Gasteiger partial charge in [0.15, 0.2) is 0 Å². The van der Waals surface area contributed by atoms with E-state index in [1.54, 1.807) is 9.77 Å². The van der Waals surface area contributed by atoms with E-state index in [1.165, 1.54) is 32.2 Å². The van der Waals surface area contributed by atoms with Crippen LogP contribution in [0.5, 0.6) is 0 Å². The molecule has 88 valence electrons. The topological polar surface area (TPSA) is 12.0 Å². The predicted molar refractivity (Wildman–Crippen MR) is 72.3 cm³/mol. The molecule has 1 aromatic heterocycles. The van der Waals surface area contributed by atoms with Gasteiger partial charge >= 0.3 is 0 Å². The second kappa shape index (κ2) is 4.71. The van der Waals surface area contributed by atoms with E-state index < -0.39 is 0 Å². The van der Waals surface area contributed by atoms with Crippen molar-refractivity contribution in [2.24, 2.45) is 5.92 Å². The number of hydrogen-bond donors (Lipinski definition) is 1. The van der Waals surface area contributed by atoms with Gasteiger partial charge in [-0.2, -0.15) is 0 Å². The summed E-state index contributed by atoms with van der Waals surface area (Å²) in [6.45, 7) is 3.56. The molecular weight excluding hydrogens is 234 g/mol. The van der Waals surface area contributed by atoms with Crippen molar-refractivity contribution in [2.45, 2.75) is 48.1 Å². The average molecular weight is 253 g/mol. The number of nitrogens with one attached hydrogen (secondary N) is 1. The molecule has 0 saturated heterocycles. The summed E-state index contributed by atoms with van der Waals surface area (Å²) >= 11 is 3.96. The second-order valence-corrected chi connectivity index (χ2v) is 7.69. The van der Waals surface area contributed by atoms with Crippen LogP contribution in [0, 0.1) is 5.92 Å². The highest BCUT2D eigenvalue weighted by atomic mass is 32.2. The molecule has 1 aromatic rings. The molecule has 3 heteroatoms. The molecule has 1 nitrogen and oxygen atoms in total. The molecule has 0 amide bonds. The summed E-state index contributed by atoms with van der Waals surface area (Å²) in [5.74, 6) is 1.05. The van der Waals surface area contributed by atoms with E-state index in [0.717, 1.165) is 11.2 Å². The van der Waals surface area contributed by atoms with Crippen LogP contribution >= 0.6 is 23.1 Å². The molecule has 2 heterocycles. The minimum absolute atomic E-state index is 0.622. The summed E-state index contributed by atoms with van der Waals surface area (Å²) in [6, 6.07) is 2.93. The Morgan fingerprint density at radius 1 is 1.44 bits per heavy atom. The number of thiophene rings is 1. The van der Waals surface area contributed by atoms with E-state index in [2.05, 4.69) is 35.4 Å². The number of thioether (sulfide) groups is 1. The van der Waals surface area contributed by atoms with Crippen LogP contribution < -0.4 is 5.32 Å². The summed E-state index contributed by atoms with van der Waals surface area (Å²) in [7, 11) is 0. The van der Waals surface area contributed by atoms with E-state index in [9.17, 15) is 0 Å². The summed E-state index contributed by atoms with van der Waals surface area (Å²) in [5.41, 5.74) is 1.56. The monoisotopic (exact) mass is 253 g/mol. The smallest absolute Gasteiger partial charge is 0.0649 e. The highest BCUT2D eigenvalue weighted by Crippen LogP contribution is 2.43. The molecule has 0 radical (unpaired) electrons. The molecule has 16 heavy (non-hydrogen) atoms. The van der Waals surface area contributed by atoms with Crippen LogP contribution in [-0.2, 0) is 0 Å². The van der Waals surface area contributed by atoms with Gasteiger partial charge in [0.2, 0.25) is 0 Å². The van der Waals surface area contributed by atoms with Gasteiger partial charge in [0.1, 0.15) is 0 Å². The molecule has 2 atom stereocenters. The fraction of sp³-hybridized carbons (Fsp3) is 0.692. The minimum atomic E-state index is 0.622. The van der Waals surface area contributed by atoms with Crippen molar-refractivity contribution in [1.29, 1.82) is 0 Å². The average Bonchev–Trinajstić information content (AvgIpc) is 2.95. The molecule has 0 bridgehead atoms. The number of rotatable bonds is 4. The standard InChI is InChI=1S/C13H19NS2/c1-9-8-12(14-6-4-10-2-3-10)11-5-7-15-13(11)16-9/h5,7,9-10,12,14H,2-4,6,8H2,1H3/t9-,12?/m0/s1. The van der Waals surface area contributed by atoms with E-state index >= 15 is 0 Å². The first-order chi connectivity index (χ1) is 7.83. The Bertz CT molecular complexity index is 357. The first-order valence-electron chi connectivity index (χ1n) is 6.30. The van der Waals surface area contributed by atoms with Gasteiger partial charge in [-0.1, -0.05) is 19.8 Å². The maximum atomic E-state index is 3.76. The van der Waals surface area contributed by atoms with E-state index in [4.69, 9.17) is 0 Å². The number of fused-ring (bicyclic) bond motifs is 1. The Hall–Kier alpha value is 0.01000. The van der Waals surface area contributed by atoms with Gasteiger partial charge < -0.3 is 5.32 Å². The molecule has 1 fully saturated rings. The zero-order chi connectivity index (χ0) is 11.0. The molecule has 3 rings (SSSR count). The van der Waals surface area contributed by atoms with Crippen LogP contribution in [0.3, 0.4) is 0 Å². The summed E-state index contributed by atoms with van der Waals surface area (Å²) < 4.78 is 1.54. The van der Waals surface area contributed by atoms with Gasteiger partial charge in [0.05, 0.1) is 4.21 Å². The summed E-state index contributed by atoms with van der Waals surface area (Å²) in [4.78, 5) is 0. The normalized spacial score (nSPS) is 29.1. The van der Waals surface area contributed by atoms with Gasteiger partial charge in [0, 0.05) is 11.3 Å². The third-order valence-electron chi connectivity index (χ3n) is 3.55. The molecule has 0 spiro atoms. The first-order valence-corrected chi connectivity index (χ1v) is 8.06. The summed E-state index contributed by atoms with van der Waals surface area (Å²) in [5, 5.41) is 6.77. The molecule has 2 aliphatic rings.